The molecule has 47 heavy (non-hydrogen) atoms. The van der Waals surface area contributed by atoms with E-state index in [1.165, 1.54) is 48.5 Å². The van der Waals surface area contributed by atoms with Crippen LogP contribution in [0.2, 0.25) is 5.02 Å². The Balaban J connectivity index is 1.67. The van der Waals surface area contributed by atoms with Crippen LogP contribution in [0.25, 0.3) is 44.4 Å². The fourth-order valence-electron chi connectivity index (χ4n) is 5.31. The van der Waals surface area contributed by atoms with Gasteiger partial charge in [0.2, 0.25) is 5.88 Å². The number of fused-ring (bicyclic) bond motifs is 1. The molecule has 0 spiro atoms. The fraction of sp³-hybridized carbons (Fsp3) is 0.0286. The van der Waals surface area contributed by atoms with Gasteiger partial charge in [-0.3, -0.25) is 8.77 Å². The van der Waals surface area contributed by atoms with Crippen LogP contribution in [0.1, 0.15) is 33.5 Å². The van der Waals surface area contributed by atoms with Gasteiger partial charge in [-0.25, -0.2) is 13.8 Å². The van der Waals surface area contributed by atoms with Gasteiger partial charge in [0.15, 0.2) is 0 Å². The molecular weight excluding hydrogens is 644 g/mol. The minimum atomic E-state index is -2.64. The summed E-state index contributed by atoms with van der Waals surface area (Å²) in [5.74, 6) is -1.25. The molecule has 12 heteroatoms. The number of hydrogen-bond acceptors (Lipinski definition) is 7. The third kappa shape index (κ3) is 5.82. The minimum absolute atomic E-state index is 0.0334. The van der Waals surface area contributed by atoms with Gasteiger partial charge < -0.3 is 5.11 Å². The number of amides is 1. The summed E-state index contributed by atoms with van der Waals surface area (Å²) in [5, 5.41) is 33.9. The second-order valence-electron chi connectivity index (χ2n) is 10.2. The van der Waals surface area contributed by atoms with Gasteiger partial charge in [0.1, 0.15) is 0 Å². The highest BCUT2D eigenvalue weighted by Gasteiger charge is 2.26. The molecule has 6 aromatic rings. The van der Waals surface area contributed by atoms with Gasteiger partial charge >= 0.3 is 5.91 Å². The maximum absolute atomic E-state index is 13.3. The van der Waals surface area contributed by atoms with Crippen LogP contribution in [0.4, 0.5) is 8.78 Å². The standard InChI is InChI=1S/C35H18ClF2N5O3S/c36-28-14-22(35(45)42-46)9-12-26(28)20-3-1-4-21(13-20)33-32(31-23(16-39)5-2-6-24(31)17-40)27-15-30(44)41-18-29(27)43(33)47-25-10-7-19(8-11-25)34(37)38/h1-15,18,34H,(H,41,44). The first kappa shape index (κ1) is 31.1. The summed E-state index contributed by atoms with van der Waals surface area (Å²) in [4.78, 5) is 27.3. The van der Waals surface area contributed by atoms with Crippen LogP contribution < -0.4 is 0 Å². The summed E-state index contributed by atoms with van der Waals surface area (Å²) >= 11 is 7.76. The molecule has 1 N–H and O–H groups in total. The smallest absolute Gasteiger partial charge is 0.316 e. The van der Waals surface area contributed by atoms with Crippen molar-refractivity contribution in [2.24, 2.45) is 5.18 Å². The molecule has 2 heterocycles. The first-order valence-electron chi connectivity index (χ1n) is 13.8. The average Bonchev–Trinajstić information content (AvgIpc) is 3.39. The van der Waals surface area contributed by atoms with Crippen LogP contribution in [0.5, 0.6) is 5.88 Å². The van der Waals surface area contributed by atoms with Gasteiger partial charge in [-0.1, -0.05) is 54.1 Å². The Bertz CT molecular complexity index is 2280. The topological polar surface area (TPSA) is 132 Å². The van der Waals surface area contributed by atoms with Crippen LogP contribution >= 0.6 is 23.5 Å². The van der Waals surface area contributed by atoms with E-state index in [0.29, 0.717) is 49.3 Å². The number of benzene rings is 4. The summed E-state index contributed by atoms with van der Waals surface area (Å²) in [6.45, 7) is 0. The van der Waals surface area contributed by atoms with Crippen molar-refractivity contribution in [1.82, 2.24) is 8.96 Å². The molecular formula is C35H18ClF2N5O3S. The van der Waals surface area contributed by atoms with Crippen LogP contribution in [0, 0.1) is 27.6 Å². The molecule has 4 aromatic carbocycles. The lowest BCUT2D eigenvalue weighted by Gasteiger charge is -2.15. The van der Waals surface area contributed by atoms with Crippen LogP contribution in [0.3, 0.4) is 0 Å². The van der Waals surface area contributed by atoms with Gasteiger partial charge in [0.25, 0.3) is 6.43 Å². The number of halogens is 3. The zero-order chi connectivity index (χ0) is 33.2. The van der Waals surface area contributed by atoms with Crippen molar-refractivity contribution in [1.29, 1.82) is 10.5 Å². The lowest BCUT2D eigenvalue weighted by Crippen LogP contribution is -1.96. The highest BCUT2D eigenvalue weighted by atomic mass is 35.5. The normalized spacial score (nSPS) is 10.9. The lowest BCUT2D eigenvalue weighted by atomic mass is 9.91. The number of nitroso groups, excluding NO2 is 1. The molecule has 1 amide bonds. The summed E-state index contributed by atoms with van der Waals surface area (Å²) in [5.41, 5.74) is 3.95. The van der Waals surface area contributed by atoms with Crippen molar-refractivity contribution in [3.63, 3.8) is 0 Å². The van der Waals surface area contributed by atoms with E-state index in [4.69, 9.17) is 11.6 Å². The molecule has 6 rings (SSSR count). The predicted molar refractivity (Wildman–Crippen MR) is 175 cm³/mol. The molecule has 228 valence electrons. The van der Waals surface area contributed by atoms with Gasteiger partial charge in [0.05, 0.1) is 40.7 Å². The molecule has 0 saturated heterocycles. The number of nitriles is 2. The monoisotopic (exact) mass is 661 g/mol. The first-order chi connectivity index (χ1) is 22.7. The SMILES string of the molecule is N#Cc1cccc(C#N)c1-c1c(-c2cccc(-c3ccc(C(=O)N=O)cc3Cl)c2)n(Sc2ccc(C(F)F)cc2)c2cnc(O)cc12. The molecule has 0 aliphatic rings. The van der Waals surface area contributed by atoms with E-state index in [1.54, 1.807) is 48.5 Å². The molecule has 0 radical (unpaired) electrons. The van der Waals surface area contributed by atoms with Crippen LogP contribution in [-0.4, -0.2) is 20.0 Å². The van der Waals surface area contributed by atoms with Crippen molar-refractivity contribution in [3.05, 3.63) is 129 Å². The Labute approximate surface area is 275 Å². The van der Waals surface area contributed by atoms with Crippen molar-refractivity contribution in [2.75, 3.05) is 0 Å². The molecule has 0 saturated carbocycles. The fourth-order valence-corrected chi connectivity index (χ4v) is 6.60. The Morgan fingerprint density at radius 2 is 1.60 bits per heavy atom. The molecule has 0 unspecified atom stereocenters. The number of rotatable bonds is 7. The van der Waals surface area contributed by atoms with Gasteiger partial charge in [-0.2, -0.15) is 10.5 Å². The maximum Gasteiger partial charge on any atom is 0.316 e. The van der Waals surface area contributed by atoms with Gasteiger partial charge in [0, 0.05) is 59.9 Å². The van der Waals surface area contributed by atoms with Gasteiger partial charge in [-0.15, -0.1) is 4.91 Å². The summed E-state index contributed by atoms with van der Waals surface area (Å²) in [6.07, 6.45) is -1.18. The molecule has 0 bridgehead atoms. The Hall–Kier alpha value is -5.88. The highest BCUT2D eigenvalue weighted by Crippen LogP contribution is 2.47. The van der Waals surface area contributed by atoms with E-state index in [1.807, 2.05) is 16.1 Å². The molecule has 0 atom stereocenters. The zero-order valence-electron chi connectivity index (χ0n) is 23.9. The number of carbonyl (C=O) groups excluding carboxylic acids is 1. The highest BCUT2D eigenvalue weighted by molar-refractivity contribution is 7.98. The predicted octanol–water partition coefficient (Wildman–Crippen LogP) is 9.54. The number of alkyl halides is 2. The summed E-state index contributed by atoms with van der Waals surface area (Å²) in [7, 11) is 0. The number of pyridine rings is 1. The maximum atomic E-state index is 13.3. The van der Waals surface area contributed by atoms with Crippen LogP contribution in [0.15, 0.2) is 107 Å². The number of aromatic hydroxyl groups is 1. The minimum Gasteiger partial charge on any atom is -0.493 e. The number of aromatic nitrogens is 2. The van der Waals surface area contributed by atoms with E-state index < -0.39 is 12.3 Å². The average molecular weight is 662 g/mol. The van der Waals surface area contributed by atoms with Crippen molar-refractivity contribution in [2.45, 2.75) is 11.3 Å². The molecule has 0 fully saturated rings. The third-order valence-electron chi connectivity index (χ3n) is 7.43. The lowest BCUT2D eigenvalue weighted by molar-refractivity contribution is 0.100. The number of carbonyl (C=O) groups is 1. The van der Waals surface area contributed by atoms with Crippen LogP contribution in [-0.2, 0) is 0 Å². The van der Waals surface area contributed by atoms with E-state index >= 15 is 0 Å². The number of hydrogen-bond donors (Lipinski definition) is 1. The van der Waals surface area contributed by atoms with E-state index in [-0.39, 0.29) is 33.2 Å². The third-order valence-corrected chi connectivity index (χ3v) is 8.78. The van der Waals surface area contributed by atoms with E-state index in [0.717, 1.165) is 0 Å². The second kappa shape index (κ2) is 12.9. The zero-order valence-corrected chi connectivity index (χ0v) is 25.4. The quantitative estimate of drug-likeness (QED) is 0.168. The molecule has 0 aliphatic heterocycles. The Morgan fingerprint density at radius 1 is 0.915 bits per heavy atom. The summed E-state index contributed by atoms with van der Waals surface area (Å²) in [6, 6.07) is 28.0. The van der Waals surface area contributed by atoms with Crippen molar-refractivity contribution in [3.8, 4) is 51.5 Å². The van der Waals surface area contributed by atoms with Crippen molar-refractivity contribution < 1.29 is 18.7 Å². The number of nitrogens with zero attached hydrogens (tertiary/aromatic N) is 5. The molecule has 0 aliphatic carbocycles. The Kier molecular flexibility index (Phi) is 8.51. The second-order valence-corrected chi connectivity index (χ2v) is 11.6. The van der Waals surface area contributed by atoms with Gasteiger partial charge in [-0.05, 0) is 60.0 Å². The largest absolute Gasteiger partial charge is 0.493 e. The van der Waals surface area contributed by atoms with E-state index in [2.05, 4.69) is 22.3 Å². The molecule has 2 aromatic heterocycles. The molecule has 8 nitrogen and oxygen atoms in total. The van der Waals surface area contributed by atoms with Crippen molar-refractivity contribution >= 4 is 40.4 Å². The first-order valence-corrected chi connectivity index (χ1v) is 14.9. The Morgan fingerprint density at radius 3 is 2.23 bits per heavy atom. The summed E-state index contributed by atoms with van der Waals surface area (Å²) < 4.78 is 28.5. The van der Waals surface area contributed by atoms with E-state index in [9.17, 15) is 34.1 Å².